The molecule has 0 unspecified atom stereocenters. The molecule has 3 amide bonds. The maximum atomic E-state index is 14.1. The number of aromatic nitrogens is 2. The van der Waals surface area contributed by atoms with E-state index in [1.165, 1.54) is 0 Å². The Balaban J connectivity index is 1.51. The average Bonchev–Trinajstić information content (AvgIpc) is 3.56. The molecule has 1 fully saturated rings. The summed E-state index contributed by atoms with van der Waals surface area (Å²) in [6.45, 7) is 2.92. The molecule has 3 aromatic rings. The van der Waals surface area contributed by atoms with Crippen LogP contribution in [0.2, 0.25) is 0 Å². The highest BCUT2D eigenvalue weighted by molar-refractivity contribution is 6.00. The first-order valence-electron chi connectivity index (χ1n) is 13.2. The number of pyridine rings is 1. The second-order valence-electron chi connectivity index (χ2n) is 10.4. The molecule has 0 aliphatic carbocycles. The van der Waals surface area contributed by atoms with Crippen LogP contribution in [0.5, 0.6) is 5.75 Å². The lowest BCUT2D eigenvalue weighted by molar-refractivity contribution is -0.131. The number of H-pyrrole nitrogens is 1. The van der Waals surface area contributed by atoms with Crippen LogP contribution in [-0.2, 0) is 14.4 Å². The first kappa shape index (κ1) is 30.5. The van der Waals surface area contributed by atoms with Crippen molar-refractivity contribution in [3.05, 3.63) is 59.6 Å². The Morgan fingerprint density at radius 2 is 1.79 bits per heavy atom. The van der Waals surface area contributed by atoms with Crippen molar-refractivity contribution in [3.63, 3.8) is 0 Å². The quantitative estimate of drug-likeness (QED) is 0.189. The first-order valence-corrected chi connectivity index (χ1v) is 13.2. The van der Waals surface area contributed by atoms with Crippen LogP contribution < -0.4 is 20.7 Å². The summed E-state index contributed by atoms with van der Waals surface area (Å²) in [7, 11) is 0. The van der Waals surface area contributed by atoms with Crippen LogP contribution in [0.4, 0.5) is 17.6 Å². The third-order valence-electron chi connectivity index (χ3n) is 6.81. The predicted octanol–water partition coefficient (Wildman–Crippen LogP) is 2.92. The maximum absolute atomic E-state index is 14.1. The minimum Gasteiger partial charge on any atom is -0.479 e. The van der Waals surface area contributed by atoms with Crippen molar-refractivity contribution in [2.24, 2.45) is 11.8 Å². The summed E-state index contributed by atoms with van der Waals surface area (Å²) in [5, 5.41) is 8.47. The molecule has 1 saturated heterocycles. The smallest absolute Gasteiger partial charge is 0.268 e. The van der Waals surface area contributed by atoms with Gasteiger partial charge in [-0.3, -0.25) is 24.2 Å². The lowest BCUT2D eigenvalue weighted by Gasteiger charge is -2.25. The summed E-state index contributed by atoms with van der Waals surface area (Å²) in [5.74, 6) is -11.9. The van der Waals surface area contributed by atoms with Gasteiger partial charge >= 0.3 is 0 Å². The third-order valence-corrected chi connectivity index (χ3v) is 6.81. The molecule has 1 aliphatic rings. The number of Topliss-reactive ketones (excluding diaryl/α,β-unsaturated/α-hetero) is 1. The number of ketones is 1. The predicted molar refractivity (Wildman–Crippen MR) is 141 cm³/mol. The number of rotatable bonds is 12. The first-order chi connectivity index (χ1) is 19.9. The number of benzene rings is 1. The molecule has 0 spiro atoms. The number of carbonyl (C=O) groups excluding carboxylic acids is 4. The molecular weight excluding hydrogens is 562 g/mol. The van der Waals surface area contributed by atoms with Crippen LogP contribution in [0.3, 0.4) is 0 Å². The number of amides is 3. The van der Waals surface area contributed by atoms with Crippen LogP contribution in [0.25, 0.3) is 10.9 Å². The van der Waals surface area contributed by atoms with Crippen molar-refractivity contribution >= 4 is 34.4 Å². The van der Waals surface area contributed by atoms with E-state index in [0.29, 0.717) is 23.9 Å². The van der Waals surface area contributed by atoms with Gasteiger partial charge < -0.3 is 25.7 Å². The largest absolute Gasteiger partial charge is 0.479 e. The Morgan fingerprint density at radius 1 is 1.07 bits per heavy atom. The van der Waals surface area contributed by atoms with E-state index < -0.39 is 71.2 Å². The van der Waals surface area contributed by atoms with Gasteiger partial charge in [-0.2, -0.15) is 8.78 Å². The van der Waals surface area contributed by atoms with Crippen molar-refractivity contribution in [2.45, 2.75) is 45.2 Å². The minimum atomic E-state index is -1.83. The molecule has 14 heteroatoms. The molecule has 3 heterocycles. The molecular formula is C28H29F4N5O5. The number of nitrogens with zero attached hydrogens (tertiary/aromatic N) is 1. The zero-order chi connectivity index (χ0) is 30.6. The zero-order valence-corrected chi connectivity index (χ0v) is 22.7. The summed E-state index contributed by atoms with van der Waals surface area (Å²) in [4.78, 5) is 58.7. The summed E-state index contributed by atoms with van der Waals surface area (Å²) >= 11 is 0. The molecule has 0 saturated carbocycles. The number of ether oxygens (including phenoxy) is 1. The normalized spacial score (nSPS) is 16.3. The maximum Gasteiger partial charge on any atom is 0.268 e. The molecule has 10 nitrogen and oxygen atoms in total. The van der Waals surface area contributed by atoms with E-state index in [9.17, 15) is 36.7 Å². The van der Waals surface area contributed by atoms with Gasteiger partial charge in [0.25, 0.3) is 5.91 Å². The lowest BCUT2D eigenvalue weighted by Crippen LogP contribution is -2.53. The van der Waals surface area contributed by atoms with Crippen LogP contribution >= 0.6 is 0 Å². The molecule has 2 aromatic heterocycles. The van der Waals surface area contributed by atoms with E-state index in [1.807, 2.05) is 13.8 Å². The van der Waals surface area contributed by atoms with E-state index in [4.69, 9.17) is 4.74 Å². The van der Waals surface area contributed by atoms with Crippen molar-refractivity contribution < 1.29 is 41.5 Å². The highest BCUT2D eigenvalue weighted by Crippen LogP contribution is 2.27. The molecule has 42 heavy (non-hydrogen) atoms. The van der Waals surface area contributed by atoms with Crippen LogP contribution in [-0.4, -0.2) is 58.7 Å². The minimum absolute atomic E-state index is 0.00302. The van der Waals surface area contributed by atoms with Gasteiger partial charge in [-0.15, -0.1) is 0 Å². The molecule has 0 bridgehead atoms. The highest BCUT2D eigenvalue weighted by Gasteiger charge is 2.34. The molecule has 1 aliphatic heterocycles. The van der Waals surface area contributed by atoms with E-state index in [1.54, 1.807) is 24.5 Å². The fraction of sp³-hybridized carbons (Fsp3) is 0.393. The average molecular weight is 592 g/mol. The van der Waals surface area contributed by atoms with Gasteiger partial charge in [0.1, 0.15) is 18.3 Å². The second kappa shape index (κ2) is 13.0. The number of hydrogen-bond donors (Lipinski definition) is 4. The summed E-state index contributed by atoms with van der Waals surface area (Å²) in [6.07, 6.45) is 3.47. The van der Waals surface area contributed by atoms with Crippen LogP contribution in [0.15, 0.2) is 30.6 Å². The second-order valence-corrected chi connectivity index (χ2v) is 10.4. The number of fused-ring (bicyclic) bond motifs is 1. The zero-order valence-electron chi connectivity index (χ0n) is 22.7. The topological polar surface area (TPSA) is 142 Å². The van der Waals surface area contributed by atoms with Gasteiger partial charge in [-0.25, -0.2) is 8.78 Å². The van der Waals surface area contributed by atoms with Crippen molar-refractivity contribution in [3.8, 4) is 5.75 Å². The van der Waals surface area contributed by atoms with E-state index in [0.717, 1.165) is 0 Å². The van der Waals surface area contributed by atoms with Gasteiger partial charge in [0.2, 0.25) is 23.4 Å². The Bertz CT molecular complexity index is 1450. The molecule has 3 atom stereocenters. The Morgan fingerprint density at radius 3 is 2.40 bits per heavy atom. The van der Waals surface area contributed by atoms with Crippen molar-refractivity contribution in [1.82, 2.24) is 25.9 Å². The SMILES string of the molecule is CC(C)C[C@H](NC(=O)c1cc2cnccc2[nH]1)C(=O)N[C@@H](C[C@@H]1CCNC1=O)C(=O)COc1c(F)c(F)cc(F)c1F. The van der Waals surface area contributed by atoms with Crippen LogP contribution in [0.1, 0.15) is 43.6 Å². The fourth-order valence-corrected chi connectivity index (χ4v) is 4.65. The summed E-state index contributed by atoms with van der Waals surface area (Å²) in [5.41, 5.74) is 0.834. The molecule has 224 valence electrons. The van der Waals surface area contributed by atoms with Gasteiger partial charge in [-0.1, -0.05) is 13.8 Å². The number of carbonyl (C=O) groups is 4. The standard InChI is InChI=1S/C28H29F4N5O5/c1-13(2)7-20(37-28(41)21-9-15-11-33-5-4-18(15)35-21)27(40)36-19(8-14-3-6-34-26(14)39)22(38)12-42-25-23(31)16(29)10-17(30)24(25)32/h4-5,9-11,13-14,19-20,35H,3,6-8,12H2,1-2H3,(H,34,39)(H,36,40)(H,37,41)/t14-,19-,20-/m0/s1. The van der Waals surface area contributed by atoms with Gasteiger partial charge in [0.05, 0.1) is 6.04 Å². The number of halogens is 4. The lowest BCUT2D eigenvalue weighted by atomic mass is 9.95. The summed E-state index contributed by atoms with van der Waals surface area (Å²) in [6, 6.07) is 0.747. The van der Waals surface area contributed by atoms with Crippen LogP contribution in [0, 0.1) is 35.1 Å². The molecule has 4 rings (SSSR count). The number of nitrogens with one attached hydrogen (secondary N) is 4. The third kappa shape index (κ3) is 7.04. The van der Waals surface area contributed by atoms with Crippen molar-refractivity contribution in [2.75, 3.05) is 13.2 Å². The Kier molecular flexibility index (Phi) is 9.43. The Labute approximate surface area is 237 Å². The van der Waals surface area contributed by atoms with E-state index >= 15 is 0 Å². The fourth-order valence-electron chi connectivity index (χ4n) is 4.65. The van der Waals surface area contributed by atoms with Gasteiger partial charge in [0, 0.05) is 41.8 Å². The highest BCUT2D eigenvalue weighted by atomic mass is 19.2. The molecule has 4 N–H and O–H groups in total. The summed E-state index contributed by atoms with van der Waals surface area (Å²) < 4.78 is 60.1. The van der Waals surface area contributed by atoms with Gasteiger partial charge in [0.15, 0.2) is 23.2 Å². The number of hydrogen-bond acceptors (Lipinski definition) is 6. The number of aromatic amines is 1. The van der Waals surface area contributed by atoms with Gasteiger partial charge in [-0.05, 0) is 37.3 Å². The van der Waals surface area contributed by atoms with Crippen molar-refractivity contribution in [1.29, 1.82) is 0 Å². The Hall–Kier alpha value is -4.49. The monoisotopic (exact) mass is 591 g/mol. The molecule has 0 radical (unpaired) electrons. The van der Waals surface area contributed by atoms with E-state index in [2.05, 4.69) is 25.9 Å². The van der Waals surface area contributed by atoms with E-state index in [-0.39, 0.29) is 36.4 Å². The molecule has 1 aromatic carbocycles.